The minimum atomic E-state index is -0.976. The predicted octanol–water partition coefficient (Wildman–Crippen LogP) is 4.61. The third-order valence-corrected chi connectivity index (χ3v) is 5.46. The fraction of sp³-hybridized carbons (Fsp3) is 0.0909. The van der Waals surface area contributed by atoms with E-state index in [4.69, 9.17) is 28.3 Å². The third kappa shape index (κ3) is 4.10. The Balaban J connectivity index is 1.66. The van der Waals surface area contributed by atoms with Gasteiger partial charge in [0, 0.05) is 30.7 Å². The van der Waals surface area contributed by atoms with Crippen molar-refractivity contribution in [2.24, 2.45) is 7.05 Å². The van der Waals surface area contributed by atoms with Gasteiger partial charge in [-0.25, -0.2) is 9.78 Å². The minimum absolute atomic E-state index is 0.218. The summed E-state index contributed by atoms with van der Waals surface area (Å²) in [4.78, 5) is 32.7. The van der Waals surface area contributed by atoms with Gasteiger partial charge in [0.25, 0.3) is 5.56 Å². The zero-order valence-electron chi connectivity index (χ0n) is 16.3. The standard InChI is InChI=1S/C22H16Cl2N4O3/c1-28-19-14(9-15(20(28)29)18-16(23)3-2-4-17(18)24)11-26-22(27-19)25-10-12-5-7-13(8-6-12)21(30)31/h2-9,11H,10H2,1H3,(H,30,31)(H,25,26,27). The molecule has 0 amide bonds. The number of pyridine rings is 1. The molecule has 0 saturated carbocycles. The maximum Gasteiger partial charge on any atom is 0.335 e. The molecule has 0 radical (unpaired) electrons. The van der Waals surface area contributed by atoms with Gasteiger partial charge in [0.2, 0.25) is 5.95 Å². The normalized spacial score (nSPS) is 10.9. The number of fused-ring (bicyclic) bond motifs is 1. The molecule has 0 fully saturated rings. The SMILES string of the molecule is Cn1c(=O)c(-c2c(Cl)cccc2Cl)cc2cnc(NCc3ccc(C(=O)O)cc3)nc21. The van der Waals surface area contributed by atoms with Crippen LogP contribution in [0.25, 0.3) is 22.2 Å². The average molecular weight is 455 g/mol. The molecule has 0 spiro atoms. The maximum atomic E-state index is 13.0. The molecule has 0 unspecified atom stereocenters. The monoisotopic (exact) mass is 454 g/mol. The second-order valence-corrected chi connectivity index (χ2v) is 7.66. The lowest BCUT2D eigenvalue weighted by atomic mass is 10.1. The highest BCUT2D eigenvalue weighted by Gasteiger charge is 2.16. The van der Waals surface area contributed by atoms with E-state index in [-0.39, 0.29) is 11.1 Å². The molecule has 4 aromatic rings. The first-order valence-corrected chi connectivity index (χ1v) is 9.98. The average Bonchev–Trinajstić information content (AvgIpc) is 2.76. The number of nitrogens with one attached hydrogen (secondary N) is 1. The van der Waals surface area contributed by atoms with Gasteiger partial charge in [-0.2, -0.15) is 4.98 Å². The molecule has 2 aromatic carbocycles. The van der Waals surface area contributed by atoms with E-state index in [2.05, 4.69) is 15.3 Å². The Bertz CT molecular complexity index is 1350. The molecule has 2 aromatic heterocycles. The van der Waals surface area contributed by atoms with Crippen LogP contribution < -0.4 is 10.9 Å². The second-order valence-electron chi connectivity index (χ2n) is 6.85. The van der Waals surface area contributed by atoms with Gasteiger partial charge in [0.1, 0.15) is 5.65 Å². The van der Waals surface area contributed by atoms with Crippen LogP contribution >= 0.6 is 23.2 Å². The molecule has 0 aliphatic rings. The lowest BCUT2D eigenvalue weighted by Gasteiger charge is -2.12. The predicted molar refractivity (Wildman–Crippen MR) is 121 cm³/mol. The molecule has 7 nitrogen and oxygen atoms in total. The van der Waals surface area contributed by atoms with Gasteiger partial charge in [-0.3, -0.25) is 9.36 Å². The zero-order valence-corrected chi connectivity index (χ0v) is 17.8. The van der Waals surface area contributed by atoms with E-state index >= 15 is 0 Å². The van der Waals surface area contributed by atoms with Crippen molar-refractivity contribution < 1.29 is 9.90 Å². The third-order valence-electron chi connectivity index (χ3n) is 4.83. The Labute approximate surface area is 186 Å². The number of aryl methyl sites for hydroxylation is 1. The fourth-order valence-electron chi connectivity index (χ4n) is 3.21. The molecule has 2 heterocycles. The Morgan fingerprint density at radius 3 is 2.45 bits per heavy atom. The first-order valence-electron chi connectivity index (χ1n) is 9.22. The maximum absolute atomic E-state index is 13.0. The highest BCUT2D eigenvalue weighted by Crippen LogP contribution is 2.33. The van der Waals surface area contributed by atoms with Crippen LogP contribution in [0.3, 0.4) is 0 Å². The molecule has 31 heavy (non-hydrogen) atoms. The Kier molecular flexibility index (Phi) is 5.63. The van der Waals surface area contributed by atoms with E-state index in [1.807, 2.05) is 0 Å². The highest BCUT2D eigenvalue weighted by atomic mass is 35.5. The molecule has 0 bridgehead atoms. The molecule has 4 rings (SSSR count). The van der Waals surface area contributed by atoms with Gasteiger partial charge in [-0.15, -0.1) is 0 Å². The molecular formula is C22H16Cl2N4O3. The van der Waals surface area contributed by atoms with E-state index in [9.17, 15) is 9.59 Å². The van der Waals surface area contributed by atoms with Crippen molar-refractivity contribution in [3.05, 3.63) is 86.3 Å². The number of aromatic nitrogens is 3. The molecule has 9 heteroatoms. The number of carboxylic acids is 1. The lowest BCUT2D eigenvalue weighted by Crippen LogP contribution is -2.20. The van der Waals surface area contributed by atoms with Crippen LogP contribution in [-0.2, 0) is 13.6 Å². The molecule has 156 valence electrons. The summed E-state index contributed by atoms with van der Waals surface area (Å²) in [6.07, 6.45) is 1.62. The molecular weight excluding hydrogens is 439 g/mol. The van der Waals surface area contributed by atoms with Gasteiger partial charge >= 0.3 is 5.97 Å². The van der Waals surface area contributed by atoms with E-state index in [0.29, 0.717) is 44.7 Å². The molecule has 0 aliphatic heterocycles. The summed E-state index contributed by atoms with van der Waals surface area (Å²) >= 11 is 12.6. The van der Waals surface area contributed by atoms with Crippen molar-refractivity contribution in [1.29, 1.82) is 0 Å². The highest BCUT2D eigenvalue weighted by molar-refractivity contribution is 6.39. The smallest absolute Gasteiger partial charge is 0.335 e. The van der Waals surface area contributed by atoms with Crippen LogP contribution in [0, 0.1) is 0 Å². The summed E-state index contributed by atoms with van der Waals surface area (Å²) in [5, 5.41) is 13.5. The largest absolute Gasteiger partial charge is 0.478 e. The number of carboxylic acid groups (broad SMARTS) is 1. The minimum Gasteiger partial charge on any atom is -0.478 e. The van der Waals surface area contributed by atoms with Crippen LogP contribution in [0.5, 0.6) is 0 Å². The van der Waals surface area contributed by atoms with Gasteiger partial charge in [0.05, 0.1) is 21.2 Å². The second kappa shape index (κ2) is 8.37. The Hall–Kier alpha value is -3.42. The number of anilines is 1. The van der Waals surface area contributed by atoms with Crippen molar-refractivity contribution in [2.45, 2.75) is 6.54 Å². The van der Waals surface area contributed by atoms with E-state index < -0.39 is 5.97 Å². The first kappa shape index (κ1) is 20.8. The van der Waals surface area contributed by atoms with Crippen molar-refractivity contribution in [3.63, 3.8) is 0 Å². The van der Waals surface area contributed by atoms with E-state index in [1.165, 1.54) is 16.7 Å². The fourth-order valence-corrected chi connectivity index (χ4v) is 3.81. The van der Waals surface area contributed by atoms with Crippen molar-refractivity contribution >= 4 is 46.2 Å². The Morgan fingerprint density at radius 1 is 1.13 bits per heavy atom. The number of nitrogens with zero attached hydrogens (tertiary/aromatic N) is 3. The summed E-state index contributed by atoms with van der Waals surface area (Å²) in [5.41, 5.74) is 2.10. The van der Waals surface area contributed by atoms with E-state index in [0.717, 1.165) is 5.56 Å². The van der Waals surface area contributed by atoms with Gasteiger partial charge < -0.3 is 10.4 Å². The van der Waals surface area contributed by atoms with E-state index in [1.54, 1.807) is 49.6 Å². The zero-order chi connectivity index (χ0) is 22.1. The number of benzene rings is 2. The van der Waals surface area contributed by atoms with Crippen LogP contribution in [0.4, 0.5) is 5.95 Å². The topological polar surface area (TPSA) is 97.1 Å². The number of aromatic carboxylic acids is 1. The Morgan fingerprint density at radius 2 is 1.81 bits per heavy atom. The number of hydrogen-bond acceptors (Lipinski definition) is 5. The summed E-state index contributed by atoms with van der Waals surface area (Å²) in [6, 6.07) is 13.3. The van der Waals surface area contributed by atoms with Crippen molar-refractivity contribution in [1.82, 2.24) is 14.5 Å². The molecule has 0 atom stereocenters. The van der Waals surface area contributed by atoms with Crippen LogP contribution in [0.1, 0.15) is 15.9 Å². The number of hydrogen-bond donors (Lipinski definition) is 2. The first-order chi connectivity index (χ1) is 14.8. The van der Waals surface area contributed by atoms with Crippen molar-refractivity contribution in [2.75, 3.05) is 5.32 Å². The van der Waals surface area contributed by atoms with Gasteiger partial charge in [-0.1, -0.05) is 41.4 Å². The van der Waals surface area contributed by atoms with Gasteiger partial charge in [-0.05, 0) is 35.9 Å². The van der Waals surface area contributed by atoms with Crippen molar-refractivity contribution in [3.8, 4) is 11.1 Å². The molecule has 0 saturated heterocycles. The van der Waals surface area contributed by atoms with Crippen LogP contribution in [-0.4, -0.2) is 25.6 Å². The quantitative estimate of drug-likeness (QED) is 0.456. The van der Waals surface area contributed by atoms with Gasteiger partial charge in [0.15, 0.2) is 0 Å². The lowest BCUT2D eigenvalue weighted by molar-refractivity contribution is 0.0697. The summed E-state index contributed by atoms with van der Waals surface area (Å²) in [5.74, 6) is -0.635. The van der Waals surface area contributed by atoms with Crippen LogP contribution in [0.2, 0.25) is 10.0 Å². The molecule has 0 aliphatic carbocycles. The number of halogens is 2. The summed E-state index contributed by atoms with van der Waals surface area (Å²) in [7, 11) is 1.63. The molecule has 2 N–H and O–H groups in total. The summed E-state index contributed by atoms with van der Waals surface area (Å²) in [6.45, 7) is 0.396. The number of carbonyl (C=O) groups is 1. The summed E-state index contributed by atoms with van der Waals surface area (Å²) < 4.78 is 1.43. The number of rotatable bonds is 5. The van der Waals surface area contributed by atoms with Crippen LogP contribution in [0.15, 0.2) is 59.5 Å².